The molecule has 5 aromatic carbocycles. The predicted octanol–water partition coefficient (Wildman–Crippen LogP) is 11.2. The van der Waals surface area contributed by atoms with Gasteiger partial charge in [-0.05, 0) is 113 Å². The van der Waals surface area contributed by atoms with E-state index in [1.54, 1.807) is 0 Å². The third kappa shape index (κ3) is 6.30. The van der Waals surface area contributed by atoms with Crippen LogP contribution in [0, 0.1) is 29.1 Å². The maximum absolute atomic E-state index is 9.70. The van der Waals surface area contributed by atoms with Gasteiger partial charge in [0.2, 0.25) is 0 Å². The van der Waals surface area contributed by atoms with Crippen LogP contribution in [0.3, 0.4) is 0 Å². The minimum atomic E-state index is 0.288. The van der Waals surface area contributed by atoms with Crippen LogP contribution in [0.25, 0.3) is 56.4 Å². The minimum Gasteiger partial charge on any atom is -0.208 e. The van der Waals surface area contributed by atoms with Gasteiger partial charge >= 0.3 is 0 Å². The van der Waals surface area contributed by atoms with Crippen molar-refractivity contribution in [3.63, 3.8) is 0 Å². The molecule has 4 atom stereocenters. The minimum absolute atomic E-state index is 0.288. The van der Waals surface area contributed by atoms with Gasteiger partial charge in [-0.1, -0.05) is 111 Å². The van der Waals surface area contributed by atoms with Crippen LogP contribution in [0.5, 0.6) is 0 Å². The van der Waals surface area contributed by atoms with E-state index in [0.717, 1.165) is 56.7 Å². The second-order valence-corrected chi connectivity index (χ2v) is 14.5. The van der Waals surface area contributed by atoms with E-state index in [0.29, 0.717) is 23.0 Å². The van der Waals surface area contributed by atoms with Gasteiger partial charge in [0.1, 0.15) is 0 Å². The molecule has 240 valence electrons. The topological polar surface area (TPSA) is 62.5 Å². The number of benzene rings is 5. The van der Waals surface area contributed by atoms with Gasteiger partial charge in [-0.25, -0.2) is 15.0 Å². The SMILES string of the molecule is C[C@@H]1C[C@@H]2C[C@H](C)CC(c3ccc(-c4cc(-c5cccc(C#N)c5)cc(-c5nc(-c6ccccc6)nc(-c6ccccc6)n5)c4)cc3)(C1)C2. The lowest BCUT2D eigenvalue weighted by atomic mass is 9.54. The fraction of sp³-hybridized carbons (Fsp3) is 0.244. The normalized spacial score (nSPS) is 21.5. The van der Waals surface area contributed by atoms with Crippen LogP contribution < -0.4 is 0 Å². The molecule has 8 rings (SSSR count). The molecule has 0 aliphatic heterocycles. The van der Waals surface area contributed by atoms with Gasteiger partial charge < -0.3 is 0 Å². The summed E-state index contributed by atoms with van der Waals surface area (Å²) in [5.74, 6) is 4.27. The van der Waals surface area contributed by atoms with E-state index in [1.807, 2.05) is 78.9 Å². The molecule has 0 spiro atoms. The Kier molecular flexibility index (Phi) is 8.14. The smallest absolute Gasteiger partial charge is 0.164 e. The maximum Gasteiger partial charge on any atom is 0.164 e. The first-order valence-corrected chi connectivity index (χ1v) is 17.6. The molecule has 49 heavy (non-hydrogen) atoms. The van der Waals surface area contributed by atoms with Crippen molar-refractivity contribution in [3.05, 3.63) is 139 Å². The monoisotopic (exact) mass is 636 g/mol. The Morgan fingerprint density at radius 3 is 1.59 bits per heavy atom. The molecule has 1 heterocycles. The van der Waals surface area contributed by atoms with Crippen molar-refractivity contribution in [2.24, 2.45) is 17.8 Å². The highest BCUT2D eigenvalue weighted by molar-refractivity contribution is 5.81. The largest absolute Gasteiger partial charge is 0.208 e. The molecule has 6 aromatic rings. The molecule has 2 saturated carbocycles. The first kappa shape index (κ1) is 30.9. The Bertz CT molecular complexity index is 2070. The van der Waals surface area contributed by atoms with E-state index in [-0.39, 0.29) is 5.41 Å². The molecule has 4 nitrogen and oxygen atoms in total. The number of nitriles is 1. The van der Waals surface area contributed by atoms with Crippen molar-refractivity contribution in [2.75, 3.05) is 0 Å². The van der Waals surface area contributed by atoms with E-state index in [9.17, 15) is 5.26 Å². The zero-order valence-electron chi connectivity index (χ0n) is 28.2. The van der Waals surface area contributed by atoms with Gasteiger partial charge in [0, 0.05) is 16.7 Å². The van der Waals surface area contributed by atoms with Gasteiger partial charge in [-0.2, -0.15) is 5.26 Å². The van der Waals surface area contributed by atoms with Crippen LogP contribution in [0.15, 0.2) is 127 Å². The summed E-state index contributed by atoms with van der Waals surface area (Å²) in [6.07, 6.45) is 6.65. The molecule has 2 aliphatic carbocycles. The van der Waals surface area contributed by atoms with Crippen molar-refractivity contribution in [3.8, 4) is 62.5 Å². The van der Waals surface area contributed by atoms with E-state index >= 15 is 0 Å². The van der Waals surface area contributed by atoms with Crippen LogP contribution in [-0.2, 0) is 5.41 Å². The molecule has 0 N–H and O–H groups in total. The predicted molar refractivity (Wildman–Crippen MR) is 198 cm³/mol. The Hall–Kier alpha value is -5.40. The van der Waals surface area contributed by atoms with Gasteiger partial charge in [-0.15, -0.1) is 0 Å². The first-order chi connectivity index (χ1) is 23.9. The maximum atomic E-state index is 9.70. The second kappa shape index (κ2) is 12.9. The first-order valence-electron chi connectivity index (χ1n) is 17.6. The summed E-state index contributed by atoms with van der Waals surface area (Å²) in [6, 6.07) is 46.3. The Morgan fingerprint density at radius 2 is 1.02 bits per heavy atom. The summed E-state index contributed by atoms with van der Waals surface area (Å²) in [6.45, 7) is 4.90. The summed E-state index contributed by atoms with van der Waals surface area (Å²) in [5, 5.41) is 9.70. The molecule has 1 unspecified atom stereocenters. The number of hydrogen-bond donors (Lipinski definition) is 0. The molecule has 0 saturated heterocycles. The molecule has 0 radical (unpaired) electrons. The highest BCUT2D eigenvalue weighted by Crippen LogP contribution is 2.54. The fourth-order valence-corrected chi connectivity index (χ4v) is 8.87. The van der Waals surface area contributed by atoms with Crippen LogP contribution in [0.1, 0.15) is 57.1 Å². The molecular weight excluding hydrogens is 597 g/mol. The third-order valence-electron chi connectivity index (χ3n) is 10.7. The van der Waals surface area contributed by atoms with Gasteiger partial charge in [-0.3, -0.25) is 0 Å². The lowest BCUT2D eigenvalue weighted by Crippen LogP contribution is -2.42. The molecule has 1 aromatic heterocycles. The zero-order chi connectivity index (χ0) is 33.4. The van der Waals surface area contributed by atoms with E-state index in [2.05, 4.69) is 68.4 Å². The summed E-state index contributed by atoms with van der Waals surface area (Å²) in [4.78, 5) is 15.0. The number of aromatic nitrogens is 3. The molecule has 0 amide bonds. The fourth-order valence-electron chi connectivity index (χ4n) is 8.87. The standard InChI is InChI=1S/C45H40N4/c1-30-20-33-21-31(2)27-45(26-30,28-33)41-18-16-34(17-19-41)38-23-39(37-15-9-10-32(22-37)29-46)25-40(24-38)44-48-42(35-11-5-3-6-12-35)47-43(49-44)36-13-7-4-8-14-36/h3-19,22-25,30-31,33H,20-21,26-28H2,1-2H3/t30-,31+,33-,45?. The second-order valence-electron chi connectivity index (χ2n) is 14.5. The molecule has 2 aliphatic rings. The Balaban J connectivity index is 1.26. The number of hydrogen-bond acceptors (Lipinski definition) is 4. The number of rotatable bonds is 6. The summed E-state index contributed by atoms with van der Waals surface area (Å²) in [7, 11) is 0. The average Bonchev–Trinajstić information content (AvgIpc) is 3.14. The summed E-state index contributed by atoms with van der Waals surface area (Å²) in [5.41, 5.74) is 9.44. The lowest BCUT2D eigenvalue weighted by molar-refractivity contribution is 0.0780. The Morgan fingerprint density at radius 1 is 0.510 bits per heavy atom. The van der Waals surface area contributed by atoms with Crippen molar-refractivity contribution < 1.29 is 0 Å². The van der Waals surface area contributed by atoms with Gasteiger partial charge in [0.15, 0.2) is 17.5 Å². The van der Waals surface area contributed by atoms with Crippen LogP contribution in [-0.4, -0.2) is 15.0 Å². The van der Waals surface area contributed by atoms with Crippen LogP contribution in [0.2, 0.25) is 0 Å². The Labute approximate surface area is 289 Å². The van der Waals surface area contributed by atoms with Gasteiger partial charge in [0.05, 0.1) is 11.6 Å². The van der Waals surface area contributed by atoms with Crippen molar-refractivity contribution in [1.29, 1.82) is 5.26 Å². The van der Waals surface area contributed by atoms with E-state index < -0.39 is 0 Å². The van der Waals surface area contributed by atoms with Crippen LogP contribution in [0.4, 0.5) is 0 Å². The molecule has 2 fully saturated rings. The molecule has 4 heteroatoms. The molecular formula is C45H40N4. The highest BCUT2D eigenvalue weighted by atomic mass is 15.0. The van der Waals surface area contributed by atoms with Gasteiger partial charge in [0.25, 0.3) is 0 Å². The third-order valence-corrected chi connectivity index (χ3v) is 10.7. The number of fused-ring (bicyclic) bond motifs is 2. The summed E-state index contributed by atoms with van der Waals surface area (Å²) >= 11 is 0. The quantitative estimate of drug-likeness (QED) is 0.182. The zero-order valence-corrected chi connectivity index (χ0v) is 28.2. The highest BCUT2D eigenvalue weighted by Gasteiger charge is 2.45. The van der Waals surface area contributed by atoms with Crippen LogP contribution >= 0.6 is 0 Å². The van der Waals surface area contributed by atoms with E-state index in [1.165, 1.54) is 37.7 Å². The lowest BCUT2D eigenvalue weighted by Gasteiger charge is -2.50. The molecule has 2 bridgehead atoms. The van der Waals surface area contributed by atoms with Crippen molar-refractivity contribution >= 4 is 0 Å². The van der Waals surface area contributed by atoms with E-state index in [4.69, 9.17) is 15.0 Å². The average molecular weight is 637 g/mol. The summed E-state index contributed by atoms with van der Waals surface area (Å²) < 4.78 is 0. The van der Waals surface area contributed by atoms with Crippen molar-refractivity contribution in [2.45, 2.75) is 51.4 Å². The van der Waals surface area contributed by atoms with Crippen molar-refractivity contribution in [1.82, 2.24) is 15.0 Å². The number of nitrogens with zero attached hydrogens (tertiary/aromatic N) is 4.